The minimum absolute atomic E-state index is 0.154. The zero-order chi connectivity index (χ0) is 22.5. The molecule has 32 heavy (non-hydrogen) atoms. The van der Waals surface area contributed by atoms with Crippen molar-refractivity contribution < 1.29 is 14.1 Å². The Bertz CT molecular complexity index is 1190. The van der Waals surface area contributed by atoms with E-state index < -0.39 is 0 Å². The topological polar surface area (TPSA) is 95.1 Å². The minimum atomic E-state index is -0.154. The van der Waals surface area contributed by atoms with Crippen molar-refractivity contribution in [3.05, 3.63) is 71.7 Å². The summed E-state index contributed by atoms with van der Waals surface area (Å²) < 4.78 is 12.5. The van der Waals surface area contributed by atoms with Gasteiger partial charge in [0, 0.05) is 24.5 Å². The number of nitrogens with zero attached hydrogens (tertiary/aromatic N) is 4. The smallest absolute Gasteiger partial charge is 0.227 e. The van der Waals surface area contributed by atoms with Gasteiger partial charge in [0.15, 0.2) is 0 Å². The Labute approximate surface area is 186 Å². The van der Waals surface area contributed by atoms with E-state index in [0.29, 0.717) is 30.6 Å². The van der Waals surface area contributed by atoms with Gasteiger partial charge in [-0.05, 0) is 57.2 Å². The molecule has 0 unspecified atom stereocenters. The van der Waals surface area contributed by atoms with Gasteiger partial charge >= 0.3 is 0 Å². The van der Waals surface area contributed by atoms with Crippen LogP contribution in [0.3, 0.4) is 0 Å². The number of carbonyl (C=O) groups is 1. The molecule has 0 saturated carbocycles. The fourth-order valence-electron chi connectivity index (χ4n) is 3.24. The Morgan fingerprint density at radius 1 is 1.09 bits per heavy atom. The summed E-state index contributed by atoms with van der Waals surface area (Å²) in [6.07, 6.45) is 0.552. The fraction of sp³-hybridized carbons (Fsp3) is 0.250. The van der Waals surface area contributed by atoms with Crippen molar-refractivity contribution in [3.63, 3.8) is 0 Å². The molecule has 8 heteroatoms. The van der Waals surface area contributed by atoms with Crippen molar-refractivity contribution in [1.29, 1.82) is 0 Å². The van der Waals surface area contributed by atoms with Gasteiger partial charge in [-0.25, -0.2) is 4.68 Å². The molecule has 2 aromatic heterocycles. The van der Waals surface area contributed by atoms with Gasteiger partial charge in [0.2, 0.25) is 17.6 Å². The number of carbonyl (C=O) groups excluding carboxylic acids is 1. The van der Waals surface area contributed by atoms with E-state index >= 15 is 0 Å². The second-order valence-electron chi connectivity index (χ2n) is 7.44. The van der Waals surface area contributed by atoms with Gasteiger partial charge in [-0.2, -0.15) is 10.1 Å². The normalized spacial score (nSPS) is 10.8. The molecule has 4 aromatic rings. The number of ether oxygens (including phenoxy) is 1. The summed E-state index contributed by atoms with van der Waals surface area (Å²) in [4.78, 5) is 16.9. The third kappa shape index (κ3) is 5.03. The Hall–Kier alpha value is -3.94. The van der Waals surface area contributed by atoms with Crippen molar-refractivity contribution in [3.8, 4) is 22.8 Å². The predicted molar refractivity (Wildman–Crippen MR) is 121 cm³/mol. The second kappa shape index (κ2) is 9.47. The van der Waals surface area contributed by atoms with Crippen LogP contribution in [0.25, 0.3) is 17.1 Å². The number of hydrogen-bond acceptors (Lipinski definition) is 6. The van der Waals surface area contributed by atoms with E-state index in [-0.39, 0.29) is 12.3 Å². The lowest BCUT2D eigenvalue weighted by molar-refractivity contribution is -0.116. The van der Waals surface area contributed by atoms with Gasteiger partial charge in [0.05, 0.1) is 18.0 Å². The highest BCUT2D eigenvalue weighted by atomic mass is 16.5. The van der Waals surface area contributed by atoms with Crippen LogP contribution in [0.2, 0.25) is 0 Å². The zero-order valence-corrected chi connectivity index (χ0v) is 18.3. The molecule has 8 nitrogen and oxygen atoms in total. The molecule has 0 atom stereocenters. The maximum Gasteiger partial charge on any atom is 0.227 e. The van der Waals surface area contributed by atoms with Gasteiger partial charge in [-0.3, -0.25) is 4.79 Å². The molecule has 0 spiro atoms. The van der Waals surface area contributed by atoms with E-state index in [4.69, 9.17) is 9.26 Å². The van der Waals surface area contributed by atoms with Crippen LogP contribution < -0.4 is 10.1 Å². The van der Waals surface area contributed by atoms with Crippen LogP contribution in [0.1, 0.15) is 30.5 Å². The summed E-state index contributed by atoms with van der Waals surface area (Å²) in [7, 11) is 0. The monoisotopic (exact) mass is 431 g/mol. The summed E-state index contributed by atoms with van der Waals surface area (Å²) in [6.45, 7) is 6.47. The Balaban J connectivity index is 1.37. The molecule has 2 aromatic carbocycles. The van der Waals surface area contributed by atoms with Crippen LogP contribution in [0.15, 0.2) is 59.1 Å². The number of nitrogens with one attached hydrogen (secondary N) is 1. The van der Waals surface area contributed by atoms with Crippen molar-refractivity contribution >= 4 is 11.7 Å². The van der Waals surface area contributed by atoms with Crippen LogP contribution in [0, 0.1) is 13.8 Å². The van der Waals surface area contributed by atoms with E-state index in [1.807, 2.05) is 75.4 Å². The van der Waals surface area contributed by atoms with Crippen LogP contribution in [-0.2, 0) is 11.2 Å². The first-order valence-corrected chi connectivity index (χ1v) is 10.5. The molecular formula is C24H25N5O3. The highest BCUT2D eigenvalue weighted by molar-refractivity contribution is 5.90. The van der Waals surface area contributed by atoms with Crippen molar-refractivity contribution in [1.82, 2.24) is 19.9 Å². The lowest BCUT2D eigenvalue weighted by Gasteiger charge is -2.09. The summed E-state index contributed by atoms with van der Waals surface area (Å²) in [5.41, 5.74) is 3.69. The maximum absolute atomic E-state index is 12.6. The third-order valence-corrected chi connectivity index (χ3v) is 4.84. The lowest BCUT2D eigenvalue weighted by Crippen LogP contribution is -2.15. The van der Waals surface area contributed by atoms with Gasteiger partial charge in [-0.1, -0.05) is 22.9 Å². The summed E-state index contributed by atoms with van der Waals surface area (Å²) >= 11 is 0. The number of benzene rings is 2. The minimum Gasteiger partial charge on any atom is -0.494 e. The van der Waals surface area contributed by atoms with Crippen LogP contribution in [0.4, 0.5) is 5.82 Å². The van der Waals surface area contributed by atoms with Crippen LogP contribution >= 0.6 is 0 Å². The molecule has 0 saturated heterocycles. The van der Waals surface area contributed by atoms with Gasteiger partial charge < -0.3 is 14.6 Å². The van der Waals surface area contributed by atoms with Gasteiger partial charge in [0.25, 0.3) is 0 Å². The quantitative estimate of drug-likeness (QED) is 0.441. The molecule has 0 aliphatic carbocycles. The van der Waals surface area contributed by atoms with E-state index in [0.717, 1.165) is 28.3 Å². The molecule has 0 aliphatic heterocycles. The fourth-order valence-corrected chi connectivity index (χ4v) is 3.24. The summed E-state index contributed by atoms with van der Waals surface area (Å²) in [5, 5.41) is 11.4. The van der Waals surface area contributed by atoms with Gasteiger partial charge in [0.1, 0.15) is 11.6 Å². The number of anilines is 1. The molecule has 1 amide bonds. The van der Waals surface area contributed by atoms with Crippen molar-refractivity contribution in [2.24, 2.45) is 0 Å². The average Bonchev–Trinajstić information content (AvgIpc) is 3.40. The Kier molecular flexibility index (Phi) is 6.30. The molecular weight excluding hydrogens is 406 g/mol. The SMILES string of the molecule is CCOc1ccc(-c2noc(CCC(=O)Nc3cc(C)nn3-c3ccc(C)cc3)n2)cc1. The molecule has 4 rings (SSSR count). The summed E-state index contributed by atoms with van der Waals surface area (Å²) in [5.74, 6) is 2.15. The first-order valence-electron chi connectivity index (χ1n) is 10.5. The Morgan fingerprint density at radius 3 is 2.56 bits per heavy atom. The van der Waals surface area contributed by atoms with Crippen LogP contribution in [-0.4, -0.2) is 32.4 Å². The van der Waals surface area contributed by atoms with E-state index in [1.54, 1.807) is 4.68 Å². The number of aromatic nitrogens is 4. The molecule has 1 N–H and O–H groups in total. The molecule has 2 heterocycles. The zero-order valence-electron chi connectivity index (χ0n) is 18.3. The highest BCUT2D eigenvalue weighted by Crippen LogP contribution is 2.21. The van der Waals surface area contributed by atoms with E-state index in [2.05, 4.69) is 20.6 Å². The summed E-state index contributed by atoms with van der Waals surface area (Å²) in [6, 6.07) is 17.3. The molecule has 164 valence electrons. The van der Waals surface area contributed by atoms with E-state index in [1.165, 1.54) is 0 Å². The number of amides is 1. The van der Waals surface area contributed by atoms with Gasteiger partial charge in [-0.15, -0.1) is 0 Å². The maximum atomic E-state index is 12.6. The standard InChI is InChI=1S/C24H25N5O3/c1-4-31-20-11-7-18(8-12-20)24-26-23(32-28-24)14-13-22(30)25-21-15-17(3)27-29(21)19-9-5-16(2)6-10-19/h5-12,15H,4,13-14H2,1-3H3,(H,25,30). The van der Waals surface area contributed by atoms with Crippen LogP contribution in [0.5, 0.6) is 5.75 Å². The number of hydrogen-bond donors (Lipinski definition) is 1. The third-order valence-electron chi connectivity index (χ3n) is 4.84. The van der Waals surface area contributed by atoms with Crippen molar-refractivity contribution in [2.75, 3.05) is 11.9 Å². The number of rotatable bonds is 8. The molecule has 0 fully saturated rings. The Morgan fingerprint density at radius 2 is 1.84 bits per heavy atom. The predicted octanol–water partition coefficient (Wildman–Crippen LogP) is 4.51. The van der Waals surface area contributed by atoms with E-state index in [9.17, 15) is 4.79 Å². The molecule has 0 bridgehead atoms. The number of aryl methyl sites for hydroxylation is 3. The first kappa shape index (κ1) is 21.3. The largest absolute Gasteiger partial charge is 0.494 e. The van der Waals surface area contributed by atoms with Crippen molar-refractivity contribution in [2.45, 2.75) is 33.6 Å². The molecule has 0 radical (unpaired) electrons. The average molecular weight is 431 g/mol. The second-order valence-corrected chi connectivity index (χ2v) is 7.44. The lowest BCUT2D eigenvalue weighted by atomic mass is 10.2. The molecule has 0 aliphatic rings. The highest BCUT2D eigenvalue weighted by Gasteiger charge is 2.14. The first-order chi connectivity index (χ1) is 15.5.